The minimum Gasteiger partial charge on any atom is -0.466 e. The molecule has 0 saturated heterocycles. The summed E-state index contributed by atoms with van der Waals surface area (Å²) < 4.78 is 11.3. The summed E-state index contributed by atoms with van der Waals surface area (Å²) in [5.41, 5.74) is 4.50. The molecule has 0 spiro atoms. The van der Waals surface area contributed by atoms with Gasteiger partial charge in [0.15, 0.2) is 5.78 Å². The van der Waals surface area contributed by atoms with Gasteiger partial charge in [0.25, 0.3) is 0 Å². The number of benzene rings is 1. The van der Waals surface area contributed by atoms with E-state index < -0.39 is 23.0 Å². The van der Waals surface area contributed by atoms with Gasteiger partial charge in [0.05, 0.1) is 7.11 Å². The molecular formula is C30H37NO5. The van der Waals surface area contributed by atoms with E-state index in [0.717, 1.165) is 31.4 Å². The number of allylic oxidation sites excluding steroid dienone is 4. The number of carbonyl (C=O) groups excluding carboxylic acids is 3. The number of esters is 2. The summed E-state index contributed by atoms with van der Waals surface area (Å²) in [5, 5.41) is 0. The second kappa shape index (κ2) is 8.89. The quantitative estimate of drug-likeness (QED) is 0.544. The van der Waals surface area contributed by atoms with Gasteiger partial charge in [-0.05, 0) is 85.3 Å². The van der Waals surface area contributed by atoms with Crippen molar-refractivity contribution in [1.29, 1.82) is 0 Å². The van der Waals surface area contributed by atoms with Gasteiger partial charge in [0.2, 0.25) is 5.60 Å². The van der Waals surface area contributed by atoms with Crippen LogP contribution in [0.3, 0.4) is 0 Å². The zero-order valence-electron chi connectivity index (χ0n) is 22.1. The van der Waals surface area contributed by atoms with Crippen molar-refractivity contribution in [3.8, 4) is 0 Å². The number of methoxy groups -OCH3 is 1. The summed E-state index contributed by atoms with van der Waals surface area (Å²) in [6.45, 7) is 3.52. The number of carbonyl (C=O) groups is 3. The summed E-state index contributed by atoms with van der Waals surface area (Å²) in [5.74, 6) is -0.101. The highest BCUT2D eigenvalue weighted by molar-refractivity contribution is 5.93. The number of hydrogen-bond donors (Lipinski definition) is 0. The van der Waals surface area contributed by atoms with Crippen molar-refractivity contribution in [1.82, 2.24) is 0 Å². The van der Waals surface area contributed by atoms with Crippen LogP contribution >= 0.6 is 0 Å². The number of hydrogen-bond acceptors (Lipinski definition) is 6. The maximum atomic E-state index is 13.4. The zero-order chi connectivity index (χ0) is 25.8. The lowest BCUT2D eigenvalue weighted by Crippen LogP contribution is -2.58. The predicted molar refractivity (Wildman–Crippen MR) is 138 cm³/mol. The smallest absolute Gasteiger partial charge is 0.350 e. The second-order valence-corrected chi connectivity index (χ2v) is 11.4. The lowest BCUT2D eigenvalue weighted by Gasteiger charge is -2.54. The van der Waals surface area contributed by atoms with Gasteiger partial charge < -0.3 is 14.4 Å². The number of anilines is 1. The molecule has 2 fully saturated rings. The monoisotopic (exact) mass is 491 g/mol. The highest BCUT2D eigenvalue weighted by atomic mass is 16.6. The Morgan fingerprint density at radius 3 is 2.42 bits per heavy atom. The molecule has 3 unspecified atom stereocenters. The fraction of sp³-hybridized carbons (Fsp3) is 0.567. The Labute approximate surface area is 213 Å². The van der Waals surface area contributed by atoms with Gasteiger partial charge in [0, 0.05) is 44.5 Å². The molecule has 6 heteroatoms. The van der Waals surface area contributed by atoms with Crippen LogP contribution in [0.1, 0.15) is 70.3 Å². The SMILES string of the molecule is COC(=O)[C@]1(OC(C)=O)CCC2C3CCC4=CC(=O)CCC4=C3C(c3ccc(N(C)C)cc3)C[C@@]21C. The van der Waals surface area contributed by atoms with E-state index in [1.54, 1.807) is 0 Å². The van der Waals surface area contributed by atoms with E-state index >= 15 is 0 Å². The van der Waals surface area contributed by atoms with Crippen molar-refractivity contribution in [3.05, 3.63) is 52.6 Å². The Kier molecular flexibility index (Phi) is 6.12. The highest BCUT2D eigenvalue weighted by Gasteiger charge is 2.69. The predicted octanol–water partition coefficient (Wildman–Crippen LogP) is 5.13. The Balaban J connectivity index is 1.69. The van der Waals surface area contributed by atoms with Gasteiger partial charge in [-0.3, -0.25) is 9.59 Å². The van der Waals surface area contributed by atoms with E-state index in [1.165, 1.54) is 36.3 Å². The Bertz CT molecular complexity index is 1160. The molecule has 0 amide bonds. The van der Waals surface area contributed by atoms with Crippen LogP contribution in [-0.2, 0) is 23.9 Å². The van der Waals surface area contributed by atoms with Crippen molar-refractivity contribution in [2.24, 2.45) is 17.3 Å². The standard InChI is InChI=1S/C30H37NO5/c1-18(32)36-30(28(34)35-5)15-14-26-24-12-8-20-16-22(33)11-13-23(20)27(24)25(17-29(26,30)2)19-6-9-21(10-7-19)31(3)4/h6-7,9-10,16,24-26H,8,11-15,17H2,1-5H3/t24?,25?,26?,29-,30+/m0/s1. The first-order valence-electron chi connectivity index (χ1n) is 13.1. The van der Waals surface area contributed by atoms with E-state index in [2.05, 4.69) is 36.1 Å². The molecular weight excluding hydrogens is 454 g/mol. The van der Waals surface area contributed by atoms with Crippen molar-refractivity contribution < 1.29 is 23.9 Å². The first kappa shape index (κ1) is 24.8. The lowest BCUT2D eigenvalue weighted by atomic mass is 9.51. The molecule has 1 aromatic carbocycles. The molecule has 5 rings (SSSR count). The minimum absolute atomic E-state index is 0.0806. The molecule has 6 nitrogen and oxygen atoms in total. The van der Waals surface area contributed by atoms with Gasteiger partial charge in [0.1, 0.15) is 0 Å². The average molecular weight is 492 g/mol. The van der Waals surface area contributed by atoms with Gasteiger partial charge in [-0.25, -0.2) is 4.79 Å². The number of rotatable bonds is 4. The molecule has 36 heavy (non-hydrogen) atoms. The highest BCUT2D eigenvalue weighted by Crippen LogP contribution is 2.67. The number of ketones is 1. The molecule has 0 radical (unpaired) electrons. The molecule has 2 saturated carbocycles. The van der Waals surface area contributed by atoms with Gasteiger partial charge in [-0.2, -0.15) is 0 Å². The third-order valence-electron chi connectivity index (χ3n) is 9.50. The molecule has 5 atom stereocenters. The summed E-state index contributed by atoms with van der Waals surface area (Å²) in [6.07, 6.45) is 7.03. The lowest BCUT2D eigenvalue weighted by molar-refractivity contribution is -0.198. The van der Waals surface area contributed by atoms with Crippen LogP contribution in [-0.4, -0.2) is 44.5 Å². The zero-order valence-corrected chi connectivity index (χ0v) is 22.1. The third kappa shape index (κ3) is 3.63. The van der Waals surface area contributed by atoms with Crippen LogP contribution < -0.4 is 4.90 Å². The van der Waals surface area contributed by atoms with Gasteiger partial charge >= 0.3 is 11.9 Å². The largest absolute Gasteiger partial charge is 0.466 e. The van der Waals surface area contributed by atoms with Crippen molar-refractivity contribution in [3.63, 3.8) is 0 Å². The number of ether oxygens (including phenoxy) is 2. The minimum atomic E-state index is -1.28. The van der Waals surface area contributed by atoms with Gasteiger partial charge in [-0.15, -0.1) is 0 Å². The topological polar surface area (TPSA) is 72.9 Å². The molecule has 0 heterocycles. The van der Waals surface area contributed by atoms with Crippen LogP contribution in [0.4, 0.5) is 5.69 Å². The third-order valence-corrected chi connectivity index (χ3v) is 9.50. The van der Waals surface area contributed by atoms with Crippen LogP contribution in [0.15, 0.2) is 47.1 Å². The maximum Gasteiger partial charge on any atom is 0.350 e. The van der Waals surface area contributed by atoms with Crippen molar-refractivity contribution in [2.75, 3.05) is 26.1 Å². The van der Waals surface area contributed by atoms with Crippen LogP contribution in [0, 0.1) is 17.3 Å². The number of fused-ring (bicyclic) bond motifs is 4. The first-order valence-corrected chi connectivity index (χ1v) is 13.1. The van der Waals surface area contributed by atoms with E-state index in [1.807, 2.05) is 20.2 Å². The van der Waals surface area contributed by atoms with E-state index in [9.17, 15) is 14.4 Å². The normalized spacial score (nSPS) is 33.2. The molecule has 0 N–H and O–H groups in total. The molecule has 4 aliphatic rings. The van der Waals surface area contributed by atoms with Crippen LogP contribution in [0.2, 0.25) is 0 Å². The van der Waals surface area contributed by atoms with Gasteiger partial charge in [-0.1, -0.05) is 24.6 Å². The molecule has 4 aliphatic carbocycles. The van der Waals surface area contributed by atoms with Crippen LogP contribution in [0.25, 0.3) is 0 Å². The Hall–Kier alpha value is -2.89. The Morgan fingerprint density at radius 2 is 1.78 bits per heavy atom. The Morgan fingerprint density at radius 1 is 1.06 bits per heavy atom. The average Bonchev–Trinajstić information content (AvgIpc) is 3.14. The van der Waals surface area contributed by atoms with E-state index in [4.69, 9.17) is 9.47 Å². The molecule has 1 aromatic rings. The fourth-order valence-corrected chi connectivity index (χ4v) is 7.91. The summed E-state index contributed by atoms with van der Waals surface area (Å²) in [4.78, 5) is 40.0. The first-order chi connectivity index (χ1) is 17.1. The van der Waals surface area contributed by atoms with E-state index in [0.29, 0.717) is 19.3 Å². The number of nitrogens with zero attached hydrogens (tertiary/aromatic N) is 1. The maximum absolute atomic E-state index is 13.4. The summed E-state index contributed by atoms with van der Waals surface area (Å²) >= 11 is 0. The second-order valence-electron chi connectivity index (χ2n) is 11.4. The molecule has 0 aliphatic heterocycles. The molecule has 0 aromatic heterocycles. The summed E-state index contributed by atoms with van der Waals surface area (Å²) in [7, 11) is 5.44. The fourth-order valence-electron chi connectivity index (χ4n) is 7.91. The molecule has 192 valence electrons. The van der Waals surface area contributed by atoms with Crippen LogP contribution in [0.5, 0.6) is 0 Å². The van der Waals surface area contributed by atoms with Crippen molar-refractivity contribution >= 4 is 23.4 Å². The van der Waals surface area contributed by atoms with Crippen molar-refractivity contribution in [2.45, 2.75) is 70.3 Å². The molecule has 0 bridgehead atoms. The summed E-state index contributed by atoms with van der Waals surface area (Å²) in [6, 6.07) is 8.67. The van der Waals surface area contributed by atoms with E-state index in [-0.39, 0.29) is 23.5 Å².